The molecule has 1 aliphatic rings. The first-order chi connectivity index (χ1) is 20.3. The maximum atomic E-state index is 6.42. The second-order valence-electron chi connectivity index (χ2n) is 10.8. The molecule has 0 unspecified atom stereocenters. The molecule has 0 radical (unpaired) electrons. The molecule has 0 N–H and O–H groups in total. The largest absolute Gasteiger partial charge is 0.456 e. The van der Waals surface area contributed by atoms with E-state index in [1.54, 1.807) is 0 Å². The van der Waals surface area contributed by atoms with Crippen molar-refractivity contribution in [3.63, 3.8) is 0 Å². The number of fused-ring (bicyclic) bond motifs is 6. The number of rotatable bonds is 2. The lowest BCUT2D eigenvalue weighted by Gasteiger charge is -2.23. The molecule has 0 aliphatic carbocycles. The van der Waals surface area contributed by atoms with E-state index >= 15 is 0 Å². The summed E-state index contributed by atoms with van der Waals surface area (Å²) in [4.78, 5) is 0. The Morgan fingerprint density at radius 1 is 0.341 bits per heavy atom. The van der Waals surface area contributed by atoms with Crippen LogP contribution in [0.5, 0.6) is 11.5 Å². The molecule has 1 aliphatic heterocycles. The SMILES string of the molecule is c1ccc(-c2c3ccccc3cc3c2cc(-c2ccc4c5c(cccc25)-c2ccccc2O4)c2ccccc23)cc1. The molecule has 0 fully saturated rings. The number of benzene rings is 8. The standard InChI is InChI=1S/C40H24O/c1-2-11-25(12-3-1)39-27-14-5-4-13-26(27)23-34-28-15-6-7-16-29(28)35(24-36(34)39)30-21-22-38-40-32(30)18-10-19-33(40)31-17-8-9-20-37(31)41-38/h1-24H. The van der Waals surface area contributed by atoms with Crippen molar-refractivity contribution < 1.29 is 4.74 Å². The second kappa shape index (κ2) is 8.55. The van der Waals surface area contributed by atoms with Gasteiger partial charge in [-0.3, -0.25) is 0 Å². The molecule has 1 nitrogen and oxygen atoms in total. The van der Waals surface area contributed by atoms with Gasteiger partial charge in [0.05, 0.1) is 0 Å². The van der Waals surface area contributed by atoms with Crippen molar-refractivity contribution in [3.05, 3.63) is 146 Å². The highest BCUT2D eigenvalue weighted by atomic mass is 16.5. The predicted octanol–water partition coefficient (Wildman–Crippen LogP) is 11.4. The van der Waals surface area contributed by atoms with Crippen molar-refractivity contribution in [2.24, 2.45) is 0 Å². The van der Waals surface area contributed by atoms with Crippen LogP contribution in [-0.2, 0) is 0 Å². The lowest BCUT2D eigenvalue weighted by Crippen LogP contribution is -1.98. The summed E-state index contributed by atoms with van der Waals surface area (Å²) in [7, 11) is 0. The van der Waals surface area contributed by atoms with E-state index in [0.29, 0.717) is 0 Å². The van der Waals surface area contributed by atoms with E-state index in [2.05, 4.69) is 140 Å². The van der Waals surface area contributed by atoms with Crippen LogP contribution in [0.3, 0.4) is 0 Å². The molecular weight excluding hydrogens is 496 g/mol. The molecule has 0 saturated heterocycles. The summed E-state index contributed by atoms with van der Waals surface area (Å²) in [6, 6.07) is 52.6. The van der Waals surface area contributed by atoms with E-state index in [4.69, 9.17) is 4.74 Å². The fraction of sp³-hybridized carbons (Fsp3) is 0. The quantitative estimate of drug-likeness (QED) is 0.163. The predicted molar refractivity (Wildman–Crippen MR) is 173 cm³/mol. The summed E-state index contributed by atoms with van der Waals surface area (Å²) in [5, 5.41) is 9.99. The zero-order chi connectivity index (χ0) is 26.9. The maximum Gasteiger partial charge on any atom is 0.135 e. The lowest BCUT2D eigenvalue weighted by atomic mass is 9.85. The Labute approximate surface area is 237 Å². The fourth-order valence-electron chi connectivity index (χ4n) is 6.87. The van der Waals surface area contributed by atoms with Gasteiger partial charge < -0.3 is 4.74 Å². The molecule has 8 aromatic rings. The first-order valence-corrected chi connectivity index (χ1v) is 14.1. The van der Waals surface area contributed by atoms with Crippen LogP contribution >= 0.6 is 0 Å². The van der Waals surface area contributed by atoms with Crippen LogP contribution in [0.2, 0.25) is 0 Å². The minimum absolute atomic E-state index is 0.913. The van der Waals surface area contributed by atoms with Crippen LogP contribution in [0, 0.1) is 0 Å². The van der Waals surface area contributed by atoms with Gasteiger partial charge in [0.2, 0.25) is 0 Å². The Hall–Kier alpha value is -5.40. The van der Waals surface area contributed by atoms with Gasteiger partial charge in [0.1, 0.15) is 11.5 Å². The molecule has 1 heteroatoms. The third-order valence-corrected chi connectivity index (χ3v) is 8.64. The summed E-state index contributed by atoms with van der Waals surface area (Å²) in [5.74, 6) is 1.83. The first kappa shape index (κ1) is 22.4. The monoisotopic (exact) mass is 520 g/mol. The Balaban J connectivity index is 1.44. The highest BCUT2D eigenvalue weighted by molar-refractivity contribution is 6.24. The Morgan fingerprint density at radius 2 is 1.05 bits per heavy atom. The lowest BCUT2D eigenvalue weighted by molar-refractivity contribution is 0.487. The van der Waals surface area contributed by atoms with Crippen molar-refractivity contribution in [1.82, 2.24) is 0 Å². The summed E-state index contributed by atoms with van der Waals surface area (Å²) >= 11 is 0. The van der Waals surface area contributed by atoms with E-state index in [1.165, 1.54) is 70.9 Å². The molecule has 9 rings (SSSR count). The molecule has 8 aromatic carbocycles. The summed E-state index contributed by atoms with van der Waals surface area (Å²) in [6.45, 7) is 0. The van der Waals surface area contributed by atoms with Gasteiger partial charge in [-0.25, -0.2) is 0 Å². The molecule has 0 spiro atoms. The summed E-state index contributed by atoms with van der Waals surface area (Å²) in [5.41, 5.74) is 7.34. The van der Waals surface area contributed by atoms with E-state index in [1.807, 2.05) is 6.07 Å². The maximum absolute atomic E-state index is 6.42. The van der Waals surface area contributed by atoms with E-state index in [9.17, 15) is 0 Å². The zero-order valence-corrected chi connectivity index (χ0v) is 22.3. The van der Waals surface area contributed by atoms with Crippen LogP contribution in [0.15, 0.2) is 146 Å². The van der Waals surface area contributed by atoms with Crippen molar-refractivity contribution in [2.75, 3.05) is 0 Å². The Morgan fingerprint density at radius 3 is 1.95 bits per heavy atom. The highest BCUT2D eigenvalue weighted by Gasteiger charge is 2.22. The highest BCUT2D eigenvalue weighted by Crippen LogP contribution is 2.50. The third-order valence-electron chi connectivity index (χ3n) is 8.64. The molecule has 0 amide bonds. The molecule has 0 bridgehead atoms. The van der Waals surface area contributed by atoms with Crippen LogP contribution in [0.4, 0.5) is 0 Å². The number of hydrogen-bond donors (Lipinski definition) is 0. The average Bonchev–Trinajstić information content (AvgIpc) is 3.04. The van der Waals surface area contributed by atoms with Crippen LogP contribution in [0.1, 0.15) is 0 Å². The number of hydrogen-bond acceptors (Lipinski definition) is 1. The van der Waals surface area contributed by atoms with Crippen molar-refractivity contribution in [3.8, 4) is 44.9 Å². The summed E-state index contributed by atoms with van der Waals surface area (Å²) in [6.07, 6.45) is 0. The minimum Gasteiger partial charge on any atom is -0.456 e. The van der Waals surface area contributed by atoms with Gasteiger partial charge in [0.15, 0.2) is 0 Å². The Kier molecular flexibility index (Phi) is 4.67. The van der Waals surface area contributed by atoms with E-state index < -0.39 is 0 Å². The van der Waals surface area contributed by atoms with Crippen LogP contribution in [-0.4, -0.2) is 0 Å². The zero-order valence-electron chi connectivity index (χ0n) is 22.3. The number of para-hydroxylation sites is 1. The second-order valence-corrected chi connectivity index (χ2v) is 10.8. The molecule has 0 aromatic heterocycles. The van der Waals surface area contributed by atoms with Crippen LogP contribution < -0.4 is 4.74 Å². The number of ether oxygens (including phenoxy) is 1. The van der Waals surface area contributed by atoms with Crippen LogP contribution in [0.25, 0.3) is 76.5 Å². The van der Waals surface area contributed by atoms with E-state index in [0.717, 1.165) is 17.1 Å². The normalized spacial score (nSPS) is 12.1. The van der Waals surface area contributed by atoms with Gasteiger partial charge in [-0.15, -0.1) is 0 Å². The molecule has 41 heavy (non-hydrogen) atoms. The minimum atomic E-state index is 0.913. The van der Waals surface area contributed by atoms with Crippen molar-refractivity contribution >= 4 is 43.1 Å². The van der Waals surface area contributed by atoms with Gasteiger partial charge >= 0.3 is 0 Å². The average molecular weight is 521 g/mol. The fourth-order valence-corrected chi connectivity index (χ4v) is 6.87. The molecular formula is C40H24O. The molecule has 1 heterocycles. The topological polar surface area (TPSA) is 9.23 Å². The molecule has 190 valence electrons. The van der Waals surface area contributed by atoms with Crippen molar-refractivity contribution in [1.29, 1.82) is 0 Å². The van der Waals surface area contributed by atoms with Gasteiger partial charge in [-0.2, -0.15) is 0 Å². The molecule has 0 saturated carbocycles. The van der Waals surface area contributed by atoms with Gasteiger partial charge in [0, 0.05) is 10.9 Å². The van der Waals surface area contributed by atoms with Gasteiger partial charge in [0.25, 0.3) is 0 Å². The smallest absolute Gasteiger partial charge is 0.135 e. The van der Waals surface area contributed by atoms with E-state index in [-0.39, 0.29) is 0 Å². The molecule has 0 atom stereocenters. The van der Waals surface area contributed by atoms with Gasteiger partial charge in [-0.1, -0.05) is 121 Å². The van der Waals surface area contributed by atoms with Gasteiger partial charge in [-0.05, 0) is 89.8 Å². The van der Waals surface area contributed by atoms with Crippen molar-refractivity contribution in [2.45, 2.75) is 0 Å². The Bertz CT molecular complexity index is 2330. The summed E-state index contributed by atoms with van der Waals surface area (Å²) < 4.78 is 6.42. The third kappa shape index (κ3) is 3.24. The first-order valence-electron chi connectivity index (χ1n) is 14.1.